The molecule has 0 fully saturated rings. The largest absolute Gasteiger partial charge is 0.315 e. The molecule has 1 amide bonds. The van der Waals surface area contributed by atoms with Crippen molar-refractivity contribution in [3.8, 4) is 0 Å². The average Bonchev–Trinajstić information content (AvgIpc) is 2.62. The number of nitrogens with one attached hydrogen (secondary N) is 2. The maximum atomic E-state index is 11.1. The van der Waals surface area contributed by atoms with Crippen molar-refractivity contribution < 1.29 is 4.79 Å². The minimum atomic E-state index is -0.690. The fraction of sp³-hybridized carbons (Fsp3) is 0.375. The highest BCUT2D eigenvalue weighted by molar-refractivity contribution is 6.20. The summed E-state index contributed by atoms with van der Waals surface area (Å²) in [5.41, 5.74) is 11.1. The van der Waals surface area contributed by atoms with E-state index in [1.165, 1.54) is 0 Å². The highest BCUT2D eigenvalue weighted by Crippen LogP contribution is 2.14. The van der Waals surface area contributed by atoms with Gasteiger partial charge in [-0.15, -0.1) is 0 Å². The lowest BCUT2D eigenvalue weighted by Crippen LogP contribution is -2.38. The lowest BCUT2D eigenvalue weighted by molar-refractivity contribution is -0.120. The van der Waals surface area contributed by atoms with Crippen molar-refractivity contribution in [2.45, 2.75) is 19.9 Å². The number of nitrogens with two attached hydrogens (primary N) is 1. The number of hydrogen-bond donors (Lipinski definition) is 3. The molecule has 6 nitrogen and oxygen atoms in total. The van der Waals surface area contributed by atoms with Gasteiger partial charge in [0.1, 0.15) is 6.04 Å². The molecule has 74 valence electrons. The first kappa shape index (κ1) is 8.89. The average molecular weight is 193 g/mol. The molecule has 1 unspecified atom stereocenters. The van der Waals surface area contributed by atoms with Gasteiger partial charge in [0.15, 0.2) is 0 Å². The van der Waals surface area contributed by atoms with Gasteiger partial charge in [-0.05, 0) is 13.8 Å². The summed E-state index contributed by atoms with van der Waals surface area (Å²) in [6.07, 6.45) is 0. The summed E-state index contributed by atoms with van der Waals surface area (Å²) in [6.45, 7) is 3.71. The number of aryl methyl sites for hydroxylation is 2. The van der Waals surface area contributed by atoms with Gasteiger partial charge in [-0.1, -0.05) is 0 Å². The van der Waals surface area contributed by atoms with Gasteiger partial charge >= 0.3 is 0 Å². The summed E-state index contributed by atoms with van der Waals surface area (Å²) in [7, 11) is 0. The molecule has 4 N–H and O–H groups in total. The molecular weight excluding hydrogens is 182 g/mol. The highest BCUT2D eigenvalue weighted by atomic mass is 16.2. The van der Waals surface area contributed by atoms with E-state index in [4.69, 9.17) is 5.73 Å². The van der Waals surface area contributed by atoms with Crippen molar-refractivity contribution in [3.05, 3.63) is 17.0 Å². The number of hydrogen-bond acceptors (Lipinski definition) is 4. The predicted molar refractivity (Wildman–Crippen MR) is 50.7 cm³/mol. The fourth-order valence-electron chi connectivity index (χ4n) is 1.52. The second-order valence-electron chi connectivity index (χ2n) is 3.26. The number of hydrazone groups is 1. The molecular formula is C8H11N5O. The molecule has 2 heterocycles. The molecule has 0 spiro atoms. The number of carbonyl (C=O) groups is 1. The Morgan fingerprint density at radius 3 is 2.57 bits per heavy atom. The van der Waals surface area contributed by atoms with Gasteiger partial charge in [-0.25, -0.2) is 5.43 Å². The molecule has 2 rings (SSSR count). The minimum absolute atomic E-state index is 0.278. The molecule has 0 aromatic carbocycles. The van der Waals surface area contributed by atoms with Crippen molar-refractivity contribution in [1.29, 1.82) is 0 Å². The van der Waals surface area contributed by atoms with Gasteiger partial charge in [0, 0.05) is 11.3 Å². The molecule has 1 aliphatic rings. The second-order valence-corrected chi connectivity index (χ2v) is 3.26. The molecule has 1 aromatic heterocycles. The Balaban J connectivity index is 2.46. The summed E-state index contributed by atoms with van der Waals surface area (Å²) in [5.74, 6) is -0.278. The maximum absolute atomic E-state index is 11.1. The van der Waals surface area contributed by atoms with Crippen LogP contribution in [0.2, 0.25) is 0 Å². The normalized spacial score (nSPS) is 20.9. The summed E-state index contributed by atoms with van der Waals surface area (Å²) in [6, 6.07) is -0.690. The number of aromatic amines is 1. The van der Waals surface area contributed by atoms with Crippen molar-refractivity contribution in [2.75, 3.05) is 0 Å². The summed E-state index contributed by atoms with van der Waals surface area (Å²) >= 11 is 0. The van der Waals surface area contributed by atoms with Crippen molar-refractivity contribution in [2.24, 2.45) is 10.8 Å². The van der Waals surface area contributed by atoms with E-state index in [1.807, 2.05) is 13.8 Å². The Morgan fingerprint density at radius 2 is 2.14 bits per heavy atom. The molecule has 0 aliphatic carbocycles. The van der Waals surface area contributed by atoms with E-state index in [0.717, 1.165) is 17.0 Å². The van der Waals surface area contributed by atoms with E-state index in [2.05, 4.69) is 20.7 Å². The fourth-order valence-corrected chi connectivity index (χ4v) is 1.52. The molecule has 1 aromatic rings. The van der Waals surface area contributed by atoms with Crippen LogP contribution in [0.5, 0.6) is 0 Å². The van der Waals surface area contributed by atoms with Crippen LogP contribution in [0, 0.1) is 13.8 Å². The minimum Gasteiger partial charge on any atom is -0.315 e. The SMILES string of the molecule is Cc1n[nH]c(C)c1C1=NNC(=O)C1N. The molecule has 0 bridgehead atoms. The third-order valence-electron chi connectivity index (χ3n) is 2.25. The maximum Gasteiger partial charge on any atom is 0.263 e. The Hall–Kier alpha value is -1.69. The van der Waals surface area contributed by atoms with Crippen LogP contribution in [0.3, 0.4) is 0 Å². The van der Waals surface area contributed by atoms with Crippen molar-refractivity contribution >= 4 is 11.6 Å². The van der Waals surface area contributed by atoms with Crippen molar-refractivity contribution in [1.82, 2.24) is 15.6 Å². The smallest absolute Gasteiger partial charge is 0.263 e. The lowest BCUT2D eigenvalue weighted by atomic mass is 10.0. The van der Waals surface area contributed by atoms with E-state index >= 15 is 0 Å². The van der Waals surface area contributed by atoms with Crippen LogP contribution in [0.4, 0.5) is 0 Å². The molecule has 1 aliphatic heterocycles. The third-order valence-corrected chi connectivity index (χ3v) is 2.25. The Kier molecular flexibility index (Phi) is 1.85. The number of amides is 1. The molecule has 6 heteroatoms. The van der Waals surface area contributed by atoms with Crippen LogP contribution >= 0.6 is 0 Å². The summed E-state index contributed by atoms with van der Waals surface area (Å²) < 4.78 is 0. The zero-order valence-corrected chi connectivity index (χ0v) is 7.96. The van der Waals surface area contributed by atoms with E-state index in [9.17, 15) is 4.79 Å². The molecule has 0 radical (unpaired) electrons. The van der Waals surface area contributed by atoms with Crippen LogP contribution in [0.1, 0.15) is 17.0 Å². The second kappa shape index (κ2) is 2.91. The Labute approximate surface area is 80.6 Å². The predicted octanol–water partition coefficient (Wildman–Crippen LogP) is -0.812. The molecule has 0 saturated heterocycles. The van der Waals surface area contributed by atoms with Crippen LogP contribution in [-0.4, -0.2) is 27.9 Å². The zero-order chi connectivity index (χ0) is 10.3. The molecule has 1 atom stereocenters. The Bertz CT molecular complexity index is 400. The van der Waals surface area contributed by atoms with E-state index in [-0.39, 0.29) is 5.91 Å². The van der Waals surface area contributed by atoms with Crippen molar-refractivity contribution in [3.63, 3.8) is 0 Å². The van der Waals surface area contributed by atoms with Crippen LogP contribution in [0.25, 0.3) is 0 Å². The summed E-state index contributed by atoms with van der Waals surface area (Å²) in [4.78, 5) is 11.1. The van der Waals surface area contributed by atoms with E-state index < -0.39 is 6.04 Å². The zero-order valence-electron chi connectivity index (χ0n) is 7.96. The third kappa shape index (κ3) is 1.12. The highest BCUT2D eigenvalue weighted by Gasteiger charge is 2.30. The number of rotatable bonds is 1. The number of nitrogens with zero attached hydrogens (tertiary/aromatic N) is 2. The van der Waals surface area contributed by atoms with Gasteiger partial charge in [0.05, 0.1) is 11.4 Å². The van der Waals surface area contributed by atoms with Crippen LogP contribution < -0.4 is 11.2 Å². The molecule has 14 heavy (non-hydrogen) atoms. The monoisotopic (exact) mass is 193 g/mol. The number of carbonyl (C=O) groups excluding carboxylic acids is 1. The quantitative estimate of drug-likeness (QED) is 0.544. The van der Waals surface area contributed by atoms with Gasteiger partial charge in [0.25, 0.3) is 5.91 Å². The van der Waals surface area contributed by atoms with Gasteiger partial charge in [-0.2, -0.15) is 10.2 Å². The Morgan fingerprint density at radius 1 is 1.43 bits per heavy atom. The first-order valence-electron chi connectivity index (χ1n) is 4.26. The standard InChI is InChI=1S/C8H11N5O/c1-3-5(4(2)11-10-3)7-6(9)8(14)13-12-7/h6H,9H2,1-2H3,(H,10,11)(H,13,14). The molecule has 0 saturated carbocycles. The lowest BCUT2D eigenvalue weighted by Gasteiger charge is -2.03. The van der Waals surface area contributed by atoms with Crippen LogP contribution in [0.15, 0.2) is 5.10 Å². The van der Waals surface area contributed by atoms with Gasteiger partial charge in [0.2, 0.25) is 0 Å². The van der Waals surface area contributed by atoms with Gasteiger partial charge < -0.3 is 5.73 Å². The summed E-state index contributed by atoms with van der Waals surface area (Å²) in [5, 5.41) is 10.7. The van der Waals surface area contributed by atoms with Gasteiger partial charge in [-0.3, -0.25) is 9.89 Å². The van der Waals surface area contributed by atoms with E-state index in [0.29, 0.717) is 5.71 Å². The number of aromatic nitrogens is 2. The number of H-pyrrole nitrogens is 1. The van der Waals surface area contributed by atoms with E-state index in [1.54, 1.807) is 0 Å². The topological polar surface area (TPSA) is 96.2 Å². The first-order chi connectivity index (χ1) is 6.61. The first-order valence-corrected chi connectivity index (χ1v) is 4.26. The van der Waals surface area contributed by atoms with Crippen LogP contribution in [-0.2, 0) is 4.79 Å².